The van der Waals surface area contributed by atoms with E-state index in [1.165, 1.54) is 67.0 Å². The number of aryl methyl sites for hydroxylation is 1. The van der Waals surface area contributed by atoms with Crippen LogP contribution in [-0.4, -0.2) is 40.8 Å². The van der Waals surface area contributed by atoms with Gasteiger partial charge in [0.05, 0.1) is 5.56 Å². The van der Waals surface area contributed by atoms with Crippen LogP contribution < -0.4 is 5.32 Å². The predicted molar refractivity (Wildman–Crippen MR) is 105 cm³/mol. The van der Waals surface area contributed by atoms with Crippen LogP contribution in [0.2, 0.25) is 0 Å². The van der Waals surface area contributed by atoms with Crippen LogP contribution in [0.3, 0.4) is 0 Å². The van der Waals surface area contributed by atoms with Gasteiger partial charge in [-0.05, 0) is 57.2 Å². The van der Waals surface area contributed by atoms with Crippen LogP contribution in [0, 0.1) is 0 Å². The molecule has 1 fully saturated rings. The summed E-state index contributed by atoms with van der Waals surface area (Å²) in [6, 6.07) is 0. The average Bonchev–Trinajstić information content (AvgIpc) is 3.08. The van der Waals surface area contributed by atoms with Crippen molar-refractivity contribution >= 4 is 34.0 Å². The molecule has 0 aromatic carbocycles. The Morgan fingerprint density at radius 2 is 1.88 bits per heavy atom. The van der Waals surface area contributed by atoms with E-state index < -0.39 is 0 Å². The van der Waals surface area contributed by atoms with Gasteiger partial charge in [-0.2, -0.15) is 0 Å². The number of carbonyl (C=O) groups is 1. The Kier molecular flexibility index (Phi) is 4.30. The normalized spacial score (nSPS) is 26.4. The molecule has 6 heteroatoms. The third-order valence-electron chi connectivity index (χ3n) is 5.75. The highest BCUT2D eigenvalue weighted by Crippen LogP contribution is 2.46. The minimum Gasteiger partial charge on any atom is -0.347 e. The van der Waals surface area contributed by atoms with Gasteiger partial charge in [0.25, 0.3) is 5.91 Å². The second kappa shape index (κ2) is 6.63. The largest absolute Gasteiger partial charge is 0.347 e. The van der Waals surface area contributed by atoms with Gasteiger partial charge in [-0.25, -0.2) is 0 Å². The van der Waals surface area contributed by atoms with Gasteiger partial charge in [0, 0.05) is 22.5 Å². The molecule has 1 aliphatic carbocycles. The van der Waals surface area contributed by atoms with E-state index in [-0.39, 0.29) is 11.4 Å². The van der Waals surface area contributed by atoms with E-state index in [4.69, 9.17) is 0 Å². The number of fused-ring (bicyclic) bond motifs is 4. The minimum atomic E-state index is 0.0575. The molecular formula is C19H25N3OS2. The lowest BCUT2D eigenvalue weighted by molar-refractivity contribution is 0.0813. The SMILES string of the molecule is O=C1c2c(sc3c2CCCC3)NC2SC(CN3CCCCCC3)=CN12. The van der Waals surface area contributed by atoms with Crippen molar-refractivity contribution in [3.63, 3.8) is 0 Å². The Balaban J connectivity index is 1.36. The average molecular weight is 376 g/mol. The van der Waals surface area contributed by atoms with Crippen molar-refractivity contribution in [2.24, 2.45) is 0 Å². The maximum atomic E-state index is 13.1. The monoisotopic (exact) mass is 375 g/mol. The second-order valence-electron chi connectivity index (χ2n) is 7.53. The van der Waals surface area contributed by atoms with E-state index in [2.05, 4.69) is 16.4 Å². The third kappa shape index (κ3) is 2.92. The van der Waals surface area contributed by atoms with Crippen LogP contribution in [0.15, 0.2) is 11.1 Å². The number of nitrogens with zero attached hydrogens (tertiary/aromatic N) is 2. The van der Waals surface area contributed by atoms with E-state index in [9.17, 15) is 4.79 Å². The molecule has 0 bridgehead atoms. The fourth-order valence-electron chi connectivity index (χ4n) is 4.45. The third-order valence-corrected chi connectivity index (χ3v) is 8.08. The van der Waals surface area contributed by atoms with Crippen LogP contribution in [0.5, 0.6) is 0 Å². The highest BCUT2D eigenvalue weighted by atomic mass is 32.2. The van der Waals surface area contributed by atoms with Gasteiger partial charge in [0.15, 0.2) is 5.50 Å². The number of amides is 1. The van der Waals surface area contributed by atoms with Crippen molar-refractivity contribution in [1.29, 1.82) is 0 Å². The highest BCUT2D eigenvalue weighted by Gasteiger charge is 2.40. The number of likely N-dealkylation sites (tertiary alicyclic amines) is 1. The van der Waals surface area contributed by atoms with Gasteiger partial charge in [0.2, 0.25) is 0 Å². The summed E-state index contributed by atoms with van der Waals surface area (Å²) < 4.78 is 0. The molecule has 4 aliphatic rings. The minimum absolute atomic E-state index is 0.0575. The first-order chi connectivity index (χ1) is 12.3. The van der Waals surface area contributed by atoms with Crippen molar-refractivity contribution in [3.8, 4) is 0 Å². The smallest absolute Gasteiger partial charge is 0.263 e. The second-order valence-corrected chi connectivity index (χ2v) is 9.84. The van der Waals surface area contributed by atoms with Crippen molar-refractivity contribution in [1.82, 2.24) is 9.80 Å². The van der Waals surface area contributed by atoms with Gasteiger partial charge in [-0.1, -0.05) is 24.6 Å². The molecule has 1 unspecified atom stereocenters. The van der Waals surface area contributed by atoms with Crippen LogP contribution in [0.4, 0.5) is 5.00 Å². The predicted octanol–water partition coefficient (Wildman–Crippen LogP) is 4.24. The highest BCUT2D eigenvalue weighted by molar-refractivity contribution is 8.04. The number of anilines is 1. The van der Waals surface area contributed by atoms with E-state index in [1.807, 2.05) is 28.0 Å². The fourth-order valence-corrected chi connectivity index (χ4v) is 6.99. The Morgan fingerprint density at radius 1 is 1.08 bits per heavy atom. The molecule has 1 amide bonds. The number of hydrogen-bond acceptors (Lipinski definition) is 5. The van der Waals surface area contributed by atoms with Gasteiger partial charge in [0.1, 0.15) is 5.00 Å². The van der Waals surface area contributed by atoms with Crippen molar-refractivity contribution in [3.05, 3.63) is 27.1 Å². The summed E-state index contributed by atoms with van der Waals surface area (Å²) in [6.45, 7) is 3.40. The standard InChI is InChI=1S/C19H25N3OS2/c23-18-16-14-7-3-4-8-15(14)25-17(16)20-19-22(18)12-13(24-19)11-21-9-5-1-2-6-10-21/h12,19-20H,1-11H2. The molecule has 4 nitrogen and oxygen atoms in total. The molecule has 5 rings (SSSR count). The molecule has 1 saturated heterocycles. The summed E-state index contributed by atoms with van der Waals surface area (Å²) >= 11 is 3.65. The number of thioether (sulfide) groups is 1. The molecule has 1 N–H and O–H groups in total. The van der Waals surface area contributed by atoms with Crippen LogP contribution in [-0.2, 0) is 12.8 Å². The first-order valence-electron chi connectivity index (χ1n) is 9.63. The summed E-state index contributed by atoms with van der Waals surface area (Å²) in [7, 11) is 0. The molecule has 0 radical (unpaired) electrons. The molecule has 134 valence electrons. The first kappa shape index (κ1) is 16.2. The quantitative estimate of drug-likeness (QED) is 0.838. The molecule has 0 spiro atoms. The van der Waals surface area contributed by atoms with Crippen LogP contribution in [0.25, 0.3) is 0 Å². The van der Waals surface area contributed by atoms with Crippen molar-refractivity contribution in [2.45, 2.75) is 56.9 Å². The van der Waals surface area contributed by atoms with E-state index >= 15 is 0 Å². The van der Waals surface area contributed by atoms with E-state index in [0.29, 0.717) is 0 Å². The summed E-state index contributed by atoms with van der Waals surface area (Å²) in [5.41, 5.74) is 2.37. The Labute approximate surface area is 157 Å². The molecule has 0 saturated carbocycles. The van der Waals surface area contributed by atoms with Crippen LogP contribution in [0.1, 0.15) is 59.3 Å². The number of carbonyl (C=O) groups excluding carboxylic acids is 1. The summed E-state index contributed by atoms with van der Waals surface area (Å²) in [5.74, 6) is 0.219. The molecule has 1 atom stereocenters. The Bertz CT molecular complexity index is 718. The number of hydrogen-bond donors (Lipinski definition) is 1. The summed E-state index contributed by atoms with van der Waals surface area (Å²) in [5, 5.41) is 4.76. The lowest BCUT2D eigenvalue weighted by Crippen LogP contribution is -2.41. The maximum Gasteiger partial charge on any atom is 0.263 e. The number of rotatable bonds is 2. The zero-order valence-electron chi connectivity index (χ0n) is 14.6. The topological polar surface area (TPSA) is 35.6 Å². The molecule has 1 aromatic heterocycles. The molecular weight excluding hydrogens is 350 g/mol. The molecule has 1 aromatic rings. The molecule has 25 heavy (non-hydrogen) atoms. The Hall–Kier alpha value is -0.980. The fraction of sp³-hybridized carbons (Fsp3) is 0.632. The zero-order chi connectivity index (χ0) is 16.8. The molecule has 3 aliphatic heterocycles. The van der Waals surface area contributed by atoms with Crippen LogP contribution >= 0.6 is 23.1 Å². The van der Waals surface area contributed by atoms with Gasteiger partial charge >= 0.3 is 0 Å². The zero-order valence-corrected chi connectivity index (χ0v) is 16.2. The Morgan fingerprint density at radius 3 is 2.72 bits per heavy atom. The van der Waals surface area contributed by atoms with Crippen molar-refractivity contribution in [2.75, 3.05) is 25.0 Å². The van der Waals surface area contributed by atoms with Gasteiger partial charge in [-0.3, -0.25) is 14.6 Å². The van der Waals surface area contributed by atoms with Gasteiger partial charge in [-0.15, -0.1) is 11.3 Å². The summed E-state index contributed by atoms with van der Waals surface area (Å²) in [4.78, 5) is 20.4. The lowest BCUT2D eigenvalue weighted by atomic mass is 9.94. The maximum absolute atomic E-state index is 13.1. The lowest BCUT2D eigenvalue weighted by Gasteiger charge is -2.29. The number of nitrogens with one attached hydrogen (secondary N) is 1. The number of thiophene rings is 1. The molecule has 4 heterocycles. The van der Waals surface area contributed by atoms with Crippen molar-refractivity contribution < 1.29 is 4.79 Å². The van der Waals surface area contributed by atoms with Gasteiger partial charge < -0.3 is 5.32 Å². The van der Waals surface area contributed by atoms with E-state index in [0.717, 1.165) is 30.0 Å². The summed E-state index contributed by atoms with van der Waals surface area (Å²) in [6.07, 6.45) is 12.2. The first-order valence-corrected chi connectivity index (χ1v) is 11.3. The van der Waals surface area contributed by atoms with E-state index in [1.54, 1.807) is 0 Å².